The summed E-state index contributed by atoms with van der Waals surface area (Å²) in [7, 11) is 0. The number of amides is 3. The van der Waals surface area contributed by atoms with Crippen molar-refractivity contribution in [3.8, 4) is 0 Å². The second-order valence-corrected chi connectivity index (χ2v) is 12.0. The van der Waals surface area contributed by atoms with Crippen molar-refractivity contribution in [2.75, 3.05) is 17.3 Å². The quantitative estimate of drug-likeness (QED) is 0.391. The maximum Gasteiger partial charge on any atom is 0.408 e. The number of alkyl carbamates (subject to hydrolysis) is 1. The number of aryl methyl sites for hydroxylation is 3. The summed E-state index contributed by atoms with van der Waals surface area (Å²) < 4.78 is 5.46. The third kappa shape index (κ3) is 7.76. The van der Waals surface area contributed by atoms with E-state index in [4.69, 9.17) is 4.74 Å². The summed E-state index contributed by atoms with van der Waals surface area (Å²) in [4.78, 5) is 42.7. The molecule has 0 radical (unpaired) electrons. The molecule has 1 aliphatic carbocycles. The van der Waals surface area contributed by atoms with Crippen LogP contribution in [0.2, 0.25) is 0 Å². The highest BCUT2D eigenvalue weighted by Crippen LogP contribution is 2.37. The second-order valence-electron chi connectivity index (χ2n) is 11.0. The molecule has 0 aliphatic heterocycles. The van der Waals surface area contributed by atoms with E-state index in [1.165, 1.54) is 0 Å². The number of benzene rings is 2. The summed E-state index contributed by atoms with van der Waals surface area (Å²) in [6.45, 7) is 11.2. The van der Waals surface area contributed by atoms with Crippen LogP contribution in [-0.2, 0) is 14.3 Å². The van der Waals surface area contributed by atoms with E-state index in [2.05, 4.69) is 10.6 Å². The van der Waals surface area contributed by atoms with Gasteiger partial charge in [-0.05, 0) is 95.1 Å². The summed E-state index contributed by atoms with van der Waals surface area (Å²) in [5.74, 6) is 0.143. The van der Waals surface area contributed by atoms with Crippen LogP contribution in [0.5, 0.6) is 0 Å². The Balaban J connectivity index is 2.01. The lowest BCUT2D eigenvalue weighted by atomic mass is 9.97. The summed E-state index contributed by atoms with van der Waals surface area (Å²) >= 11 is 1.60. The minimum absolute atomic E-state index is 0.0759. The molecule has 2 unspecified atom stereocenters. The Morgan fingerprint density at radius 2 is 1.61 bits per heavy atom. The van der Waals surface area contributed by atoms with E-state index < -0.39 is 23.8 Å². The smallest absolute Gasteiger partial charge is 0.408 e. The van der Waals surface area contributed by atoms with Crippen molar-refractivity contribution in [1.29, 1.82) is 0 Å². The van der Waals surface area contributed by atoms with Crippen molar-refractivity contribution in [1.82, 2.24) is 10.2 Å². The van der Waals surface area contributed by atoms with Crippen LogP contribution in [0.25, 0.3) is 0 Å². The number of carbonyl (C=O) groups excluding carboxylic acids is 3. The van der Waals surface area contributed by atoms with Crippen LogP contribution < -0.4 is 10.6 Å². The zero-order valence-electron chi connectivity index (χ0n) is 23.6. The first-order valence-electron chi connectivity index (χ1n) is 13.2. The summed E-state index contributed by atoms with van der Waals surface area (Å²) in [5.41, 5.74) is 3.67. The molecule has 0 saturated heterocycles. The fraction of sp³-hybridized carbons (Fsp3) is 0.500. The van der Waals surface area contributed by atoms with Gasteiger partial charge in [0.05, 0.1) is 0 Å². The van der Waals surface area contributed by atoms with Gasteiger partial charge in [-0.1, -0.05) is 42.5 Å². The number of hydrogen-bond acceptors (Lipinski definition) is 5. The Morgan fingerprint density at radius 3 is 2.16 bits per heavy atom. The zero-order valence-corrected chi connectivity index (χ0v) is 24.4. The highest BCUT2D eigenvalue weighted by atomic mass is 32.2. The molecular weight excluding hydrogens is 498 g/mol. The van der Waals surface area contributed by atoms with Gasteiger partial charge in [0.15, 0.2) is 0 Å². The van der Waals surface area contributed by atoms with Crippen molar-refractivity contribution in [3.05, 3.63) is 64.7 Å². The molecule has 1 fully saturated rings. The highest BCUT2D eigenvalue weighted by Gasteiger charge is 2.44. The predicted molar refractivity (Wildman–Crippen MR) is 154 cm³/mol. The van der Waals surface area contributed by atoms with Gasteiger partial charge in [0.25, 0.3) is 5.91 Å². The predicted octanol–water partition coefficient (Wildman–Crippen LogP) is 5.93. The maximum atomic E-state index is 14.2. The minimum Gasteiger partial charge on any atom is -0.444 e. The van der Waals surface area contributed by atoms with E-state index in [-0.39, 0.29) is 17.9 Å². The molecule has 3 amide bonds. The lowest BCUT2D eigenvalue weighted by Gasteiger charge is -2.35. The van der Waals surface area contributed by atoms with Crippen molar-refractivity contribution in [2.45, 2.75) is 84.5 Å². The van der Waals surface area contributed by atoms with Crippen LogP contribution in [0.1, 0.15) is 68.3 Å². The molecule has 1 saturated carbocycles. The van der Waals surface area contributed by atoms with Gasteiger partial charge in [-0.2, -0.15) is 11.8 Å². The fourth-order valence-electron chi connectivity index (χ4n) is 4.51. The van der Waals surface area contributed by atoms with Crippen molar-refractivity contribution in [2.24, 2.45) is 0 Å². The number of para-hydroxylation sites is 1. The fourth-order valence-corrected chi connectivity index (χ4v) is 4.98. The molecule has 3 rings (SSSR count). The maximum absolute atomic E-state index is 14.2. The van der Waals surface area contributed by atoms with Gasteiger partial charge < -0.3 is 20.3 Å². The van der Waals surface area contributed by atoms with Crippen LogP contribution in [0.15, 0.2) is 42.5 Å². The average Bonchev–Trinajstić information content (AvgIpc) is 3.66. The van der Waals surface area contributed by atoms with Crippen molar-refractivity contribution < 1.29 is 19.1 Å². The Hall–Kier alpha value is -3.00. The van der Waals surface area contributed by atoms with E-state index in [1.807, 2.05) is 69.5 Å². The SMILES string of the molecule is CSCCC(NC(=O)OC(C)(C)C)C(=O)N(C1CC1)C(C(=O)Nc1c(C)cccc1C)c1ccccc1C. The zero-order chi connectivity index (χ0) is 28.0. The van der Waals surface area contributed by atoms with Crippen LogP contribution in [0, 0.1) is 20.8 Å². The molecule has 1 aliphatic rings. The number of ether oxygens (including phenoxy) is 1. The van der Waals surface area contributed by atoms with Crippen LogP contribution in [0.3, 0.4) is 0 Å². The molecular formula is C30H41N3O4S. The van der Waals surface area contributed by atoms with Gasteiger partial charge in [0.1, 0.15) is 17.7 Å². The van der Waals surface area contributed by atoms with E-state index in [9.17, 15) is 14.4 Å². The number of thioether (sulfide) groups is 1. The number of nitrogens with zero attached hydrogens (tertiary/aromatic N) is 1. The molecule has 2 aromatic carbocycles. The lowest BCUT2D eigenvalue weighted by molar-refractivity contribution is -0.141. The molecule has 7 nitrogen and oxygen atoms in total. The van der Waals surface area contributed by atoms with Crippen LogP contribution in [-0.4, -0.2) is 52.5 Å². The lowest BCUT2D eigenvalue weighted by Crippen LogP contribution is -2.53. The molecule has 8 heteroatoms. The van der Waals surface area contributed by atoms with E-state index >= 15 is 0 Å². The molecule has 2 atom stereocenters. The molecule has 38 heavy (non-hydrogen) atoms. The Labute approximate surface area is 231 Å². The molecule has 0 spiro atoms. The first-order valence-corrected chi connectivity index (χ1v) is 14.6. The van der Waals surface area contributed by atoms with Gasteiger partial charge in [0.2, 0.25) is 5.91 Å². The topological polar surface area (TPSA) is 87.7 Å². The molecule has 0 heterocycles. The number of hydrogen-bond donors (Lipinski definition) is 2. The van der Waals surface area contributed by atoms with Gasteiger partial charge in [-0.25, -0.2) is 4.79 Å². The number of rotatable bonds is 10. The van der Waals surface area contributed by atoms with Crippen molar-refractivity contribution >= 4 is 35.4 Å². The largest absolute Gasteiger partial charge is 0.444 e. The summed E-state index contributed by atoms with van der Waals surface area (Å²) in [6.07, 6.45) is 3.38. The Kier molecular flexibility index (Phi) is 9.88. The third-order valence-corrected chi connectivity index (χ3v) is 7.18. The molecule has 2 aromatic rings. The second kappa shape index (κ2) is 12.7. The van der Waals surface area contributed by atoms with Gasteiger partial charge in [-0.3, -0.25) is 9.59 Å². The van der Waals surface area contributed by atoms with Gasteiger partial charge >= 0.3 is 6.09 Å². The van der Waals surface area contributed by atoms with Crippen molar-refractivity contribution in [3.63, 3.8) is 0 Å². The Morgan fingerprint density at radius 1 is 1.00 bits per heavy atom. The average molecular weight is 540 g/mol. The van der Waals surface area contributed by atoms with Gasteiger partial charge in [0, 0.05) is 11.7 Å². The molecule has 206 valence electrons. The van der Waals surface area contributed by atoms with Gasteiger partial charge in [-0.15, -0.1) is 0 Å². The highest BCUT2D eigenvalue weighted by molar-refractivity contribution is 7.98. The Bertz CT molecular complexity index is 1140. The summed E-state index contributed by atoms with van der Waals surface area (Å²) in [5, 5.41) is 5.93. The van der Waals surface area contributed by atoms with E-state index in [0.717, 1.165) is 40.8 Å². The molecule has 0 bridgehead atoms. The van der Waals surface area contributed by atoms with Crippen LogP contribution in [0.4, 0.5) is 10.5 Å². The monoisotopic (exact) mass is 539 g/mol. The van der Waals surface area contributed by atoms with Crippen LogP contribution >= 0.6 is 11.8 Å². The van der Waals surface area contributed by atoms with E-state index in [0.29, 0.717) is 12.2 Å². The normalized spacial score (nSPS) is 14.8. The van der Waals surface area contributed by atoms with E-state index in [1.54, 1.807) is 37.4 Å². The first kappa shape index (κ1) is 29.6. The molecule has 0 aromatic heterocycles. The third-order valence-electron chi connectivity index (χ3n) is 6.53. The number of carbonyl (C=O) groups is 3. The summed E-state index contributed by atoms with van der Waals surface area (Å²) in [6, 6.07) is 11.8. The minimum atomic E-state index is -0.840. The molecule has 2 N–H and O–H groups in total. The number of anilines is 1. The standard InChI is InChI=1S/C30H41N3O4S/c1-19-11-8-9-14-23(19)26(27(34)32-25-20(2)12-10-13-21(25)3)33(22-15-16-22)28(35)24(17-18-38-7)31-29(36)37-30(4,5)6/h8-14,22,24,26H,15-18H2,1-7H3,(H,31,36)(H,32,34). The number of nitrogens with one attached hydrogen (secondary N) is 2. The first-order chi connectivity index (χ1) is 17.9.